The first-order chi connectivity index (χ1) is 16.8. The molecule has 0 amide bonds. The Hall–Kier alpha value is -3.45. The summed E-state index contributed by atoms with van der Waals surface area (Å²) in [6.45, 7) is 5.58. The zero-order chi connectivity index (χ0) is 24.7. The van der Waals surface area contributed by atoms with Gasteiger partial charge in [-0.25, -0.2) is 12.8 Å². The second-order valence-corrected chi connectivity index (χ2v) is 11.1. The Labute approximate surface area is 204 Å². The lowest BCUT2D eigenvalue weighted by Gasteiger charge is -2.21. The summed E-state index contributed by atoms with van der Waals surface area (Å²) in [5, 5.41) is 0.0614. The standard InChI is InChI=1S/C28H27FN2O3S/c1-19-10-11-22(14-20(19)2)35(33,34)27-18-31(17-21-8-4-3-5-9-21)25-16-26(30-12-6-7-13-30)24(29)15-23(25)28(27)32/h3-5,8-11,14-16,18H,6-7,12-13,17H2,1-2H3. The van der Waals surface area contributed by atoms with Crippen molar-refractivity contribution in [3.8, 4) is 0 Å². The monoisotopic (exact) mass is 490 g/mol. The van der Waals surface area contributed by atoms with Gasteiger partial charge in [-0.15, -0.1) is 0 Å². The molecular weight excluding hydrogens is 463 g/mol. The van der Waals surface area contributed by atoms with Gasteiger partial charge in [0.2, 0.25) is 15.3 Å². The first-order valence-electron chi connectivity index (χ1n) is 11.7. The molecule has 0 radical (unpaired) electrons. The lowest BCUT2D eigenvalue weighted by molar-refractivity contribution is 0.593. The molecule has 1 saturated heterocycles. The number of hydrogen-bond donors (Lipinski definition) is 0. The maximum Gasteiger partial charge on any atom is 0.211 e. The van der Waals surface area contributed by atoms with Crippen molar-refractivity contribution in [1.29, 1.82) is 0 Å². The molecule has 0 bridgehead atoms. The van der Waals surface area contributed by atoms with Crippen molar-refractivity contribution < 1.29 is 12.8 Å². The van der Waals surface area contributed by atoms with Crippen LogP contribution in [0.4, 0.5) is 10.1 Å². The summed E-state index contributed by atoms with van der Waals surface area (Å²) in [7, 11) is -4.12. The summed E-state index contributed by atoms with van der Waals surface area (Å²) < 4.78 is 44.2. The van der Waals surface area contributed by atoms with E-state index in [0.29, 0.717) is 17.7 Å². The molecule has 35 heavy (non-hydrogen) atoms. The molecule has 4 aromatic rings. The molecular formula is C28H27FN2O3S. The smallest absolute Gasteiger partial charge is 0.211 e. The van der Waals surface area contributed by atoms with Gasteiger partial charge in [0, 0.05) is 25.8 Å². The van der Waals surface area contributed by atoms with Gasteiger partial charge < -0.3 is 9.47 Å². The van der Waals surface area contributed by atoms with Gasteiger partial charge >= 0.3 is 0 Å². The van der Waals surface area contributed by atoms with Crippen LogP contribution in [0.2, 0.25) is 0 Å². The Morgan fingerprint density at radius 2 is 1.63 bits per heavy atom. The normalized spacial score (nSPS) is 14.1. The Morgan fingerprint density at radius 1 is 0.914 bits per heavy atom. The van der Waals surface area contributed by atoms with Crippen LogP contribution < -0.4 is 10.3 Å². The third-order valence-corrected chi connectivity index (χ3v) is 8.58. The number of fused-ring (bicyclic) bond motifs is 1. The molecule has 3 aromatic carbocycles. The van der Waals surface area contributed by atoms with Crippen LogP contribution in [0.1, 0.15) is 29.5 Å². The summed E-state index contributed by atoms with van der Waals surface area (Å²) in [4.78, 5) is 15.2. The Bertz CT molecular complexity index is 1590. The fraction of sp³-hybridized carbons (Fsp3) is 0.250. The van der Waals surface area contributed by atoms with Crippen LogP contribution in [0, 0.1) is 19.7 Å². The highest BCUT2D eigenvalue weighted by atomic mass is 32.2. The first kappa shape index (κ1) is 23.3. The van der Waals surface area contributed by atoms with Crippen molar-refractivity contribution in [2.24, 2.45) is 0 Å². The van der Waals surface area contributed by atoms with Crippen LogP contribution in [0.15, 0.2) is 81.4 Å². The molecule has 0 saturated carbocycles. The Balaban J connectivity index is 1.76. The van der Waals surface area contributed by atoms with Gasteiger partial charge in [-0.1, -0.05) is 36.4 Å². The first-order valence-corrected chi connectivity index (χ1v) is 13.2. The van der Waals surface area contributed by atoms with Gasteiger partial charge in [-0.3, -0.25) is 4.79 Å². The summed E-state index contributed by atoms with van der Waals surface area (Å²) in [5.74, 6) is -0.511. The number of aromatic nitrogens is 1. The molecule has 0 atom stereocenters. The number of rotatable bonds is 5. The molecule has 180 valence electrons. The van der Waals surface area contributed by atoms with E-state index in [1.54, 1.807) is 22.8 Å². The second kappa shape index (κ2) is 8.96. The van der Waals surface area contributed by atoms with Crippen molar-refractivity contribution >= 4 is 26.4 Å². The van der Waals surface area contributed by atoms with Crippen LogP contribution >= 0.6 is 0 Å². The van der Waals surface area contributed by atoms with Crippen molar-refractivity contribution in [3.05, 3.63) is 99.6 Å². The molecule has 1 aliphatic heterocycles. The third kappa shape index (κ3) is 4.25. The Morgan fingerprint density at radius 3 is 2.31 bits per heavy atom. The van der Waals surface area contributed by atoms with Gasteiger partial charge in [0.1, 0.15) is 10.7 Å². The number of hydrogen-bond acceptors (Lipinski definition) is 4. The minimum Gasteiger partial charge on any atom is -0.369 e. The highest BCUT2D eigenvalue weighted by molar-refractivity contribution is 7.91. The van der Waals surface area contributed by atoms with Gasteiger partial charge in [-0.2, -0.15) is 0 Å². The molecule has 0 unspecified atom stereocenters. The summed E-state index contributed by atoms with van der Waals surface area (Å²) in [6, 6.07) is 17.3. The number of benzene rings is 3. The van der Waals surface area contributed by atoms with E-state index >= 15 is 4.39 Å². The van der Waals surface area contributed by atoms with Crippen LogP contribution in [0.25, 0.3) is 10.9 Å². The maximum absolute atomic E-state index is 15.2. The van der Waals surface area contributed by atoms with Crippen molar-refractivity contribution in [3.63, 3.8) is 0 Å². The Kier molecular flexibility index (Phi) is 5.97. The lowest BCUT2D eigenvalue weighted by Crippen LogP contribution is -2.22. The molecule has 1 aromatic heterocycles. The molecule has 7 heteroatoms. The molecule has 0 N–H and O–H groups in total. The van der Waals surface area contributed by atoms with E-state index in [4.69, 9.17) is 0 Å². The van der Waals surface area contributed by atoms with E-state index in [9.17, 15) is 13.2 Å². The van der Waals surface area contributed by atoms with E-state index in [0.717, 1.165) is 42.6 Å². The van der Waals surface area contributed by atoms with Crippen LogP contribution in [0.3, 0.4) is 0 Å². The summed E-state index contributed by atoms with van der Waals surface area (Å²) in [5.41, 5.74) is 2.99. The fourth-order valence-electron chi connectivity index (χ4n) is 4.68. The van der Waals surface area contributed by atoms with Crippen LogP contribution in [-0.4, -0.2) is 26.1 Å². The molecule has 1 aliphatic rings. The van der Waals surface area contributed by atoms with Gasteiger partial charge in [0.15, 0.2) is 0 Å². The van der Waals surface area contributed by atoms with Crippen molar-refractivity contribution in [2.75, 3.05) is 18.0 Å². The molecule has 5 nitrogen and oxygen atoms in total. The zero-order valence-corrected chi connectivity index (χ0v) is 20.6. The van der Waals surface area contributed by atoms with Crippen molar-refractivity contribution in [2.45, 2.75) is 43.0 Å². The minimum atomic E-state index is -4.12. The van der Waals surface area contributed by atoms with E-state index in [2.05, 4.69) is 0 Å². The fourth-order valence-corrected chi connectivity index (χ4v) is 6.14. The molecule has 0 spiro atoms. The van der Waals surface area contributed by atoms with Crippen molar-refractivity contribution in [1.82, 2.24) is 4.57 Å². The number of sulfone groups is 1. The maximum atomic E-state index is 15.2. The number of halogens is 1. The van der Waals surface area contributed by atoms with Gasteiger partial charge in [0.25, 0.3) is 0 Å². The largest absolute Gasteiger partial charge is 0.369 e. The second-order valence-electron chi connectivity index (χ2n) is 9.20. The van der Waals surface area contributed by atoms with Crippen LogP contribution in [0.5, 0.6) is 0 Å². The van der Waals surface area contributed by atoms with Gasteiger partial charge in [0.05, 0.1) is 21.5 Å². The topological polar surface area (TPSA) is 59.4 Å². The predicted molar refractivity (Wildman–Crippen MR) is 137 cm³/mol. The third-order valence-electron chi connectivity index (χ3n) is 6.84. The molecule has 5 rings (SSSR count). The number of anilines is 1. The van der Waals surface area contributed by atoms with E-state index in [1.165, 1.54) is 18.3 Å². The highest BCUT2D eigenvalue weighted by Gasteiger charge is 2.26. The SMILES string of the molecule is Cc1ccc(S(=O)(=O)c2cn(Cc3ccccc3)c3cc(N4CCCC4)c(F)cc3c2=O)cc1C. The number of aryl methyl sites for hydroxylation is 2. The van der Waals surface area contributed by atoms with E-state index in [1.807, 2.05) is 49.1 Å². The van der Waals surface area contributed by atoms with E-state index in [-0.39, 0.29) is 15.2 Å². The average Bonchev–Trinajstić information content (AvgIpc) is 3.37. The lowest BCUT2D eigenvalue weighted by atomic mass is 10.1. The molecule has 0 aliphatic carbocycles. The molecule has 2 heterocycles. The summed E-state index contributed by atoms with van der Waals surface area (Å²) >= 11 is 0. The number of pyridine rings is 1. The summed E-state index contributed by atoms with van der Waals surface area (Å²) in [6.07, 6.45) is 3.39. The van der Waals surface area contributed by atoms with Gasteiger partial charge in [-0.05, 0) is 67.6 Å². The average molecular weight is 491 g/mol. The van der Waals surface area contributed by atoms with E-state index < -0.39 is 21.1 Å². The quantitative estimate of drug-likeness (QED) is 0.384. The molecule has 1 fully saturated rings. The van der Waals surface area contributed by atoms with Crippen LogP contribution in [-0.2, 0) is 16.4 Å². The minimum absolute atomic E-state index is 0.0532. The number of nitrogens with zero attached hydrogens (tertiary/aromatic N) is 2. The predicted octanol–water partition coefficient (Wildman–Crippen LogP) is 5.24. The zero-order valence-electron chi connectivity index (χ0n) is 19.8. The highest BCUT2D eigenvalue weighted by Crippen LogP contribution is 2.30.